The number of unbranched alkanes of at least 4 members (excludes halogenated alkanes) is 1. The fourth-order valence-electron chi connectivity index (χ4n) is 1.97. The molecular formula is C17H27NO3. The van der Waals surface area contributed by atoms with E-state index in [0.717, 1.165) is 31.5 Å². The van der Waals surface area contributed by atoms with Crippen molar-refractivity contribution in [1.29, 1.82) is 0 Å². The number of rotatable bonds is 10. The largest absolute Gasteiger partial charge is 0.355 e. The number of nitrogens with one attached hydrogen (secondary N) is 1. The van der Waals surface area contributed by atoms with Crippen molar-refractivity contribution in [2.75, 3.05) is 6.54 Å². The molecule has 1 N–H and O–H groups in total. The van der Waals surface area contributed by atoms with Crippen LogP contribution >= 0.6 is 0 Å². The van der Waals surface area contributed by atoms with Gasteiger partial charge in [-0.05, 0) is 43.0 Å². The van der Waals surface area contributed by atoms with E-state index in [4.69, 9.17) is 9.78 Å². The van der Waals surface area contributed by atoms with Crippen molar-refractivity contribution < 1.29 is 14.6 Å². The molecule has 0 atom stereocenters. The van der Waals surface area contributed by atoms with E-state index in [9.17, 15) is 4.79 Å². The third-order valence-corrected chi connectivity index (χ3v) is 3.22. The lowest BCUT2D eigenvalue weighted by molar-refractivity contribution is -0.214. The standard InChI is InChI=1S/C17H27NO3/c1-4-7-11-18-13-14-9-10-16(15(6-3)12-14)20-21-17(19)8-5-2/h9-10,12,18H,4-8,11,13H2,1-3H3. The molecule has 0 aromatic heterocycles. The first-order valence-corrected chi connectivity index (χ1v) is 7.91. The predicted molar refractivity (Wildman–Crippen MR) is 84.1 cm³/mol. The molecule has 0 aliphatic heterocycles. The van der Waals surface area contributed by atoms with Gasteiger partial charge < -0.3 is 5.32 Å². The van der Waals surface area contributed by atoms with Crippen LogP contribution in [0.4, 0.5) is 0 Å². The number of hydrogen-bond acceptors (Lipinski definition) is 4. The Morgan fingerprint density at radius 1 is 1.19 bits per heavy atom. The monoisotopic (exact) mass is 293 g/mol. The van der Waals surface area contributed by atoms with Crippen LogP contribution in [0, 0.1) is 0 Å². The molecule has 0 unspecified atom stereocenters. The van der Waals surface area contributed by atoms with Crippen molar-refractivity contribution >= 4 is 5.97 Å². The van der Waals surface area contributed by atoms with Crippen molar-refractivity contribution in [1.82, 2.24) is 5.32 Å². The first kappa shape index (κ1) is 17.5. The fourth-order valence-corrected chi connectivity index (χ4v) is 1.97. The lowest BCUT2D eigenvalue weighted by atomic mass is 10.1. The van der Waals surface area contributed by atoms with Crippen LogP contribution in [0.2, 0.25) is 0 Å². The van der Waals surface area contributed by atoms with Gasteiger partial charge in [-0.15, -0.1) is 0 Å². The van der Waals surface area contributed by atoms with E-state index in [1.165, 1.54) is 18.4 Å². The van der Waals surface area contributed by atoms with Gasteiger partial charge >= 0.3 is 5.97 Å². The van der Waals surface area contributed by atoms with Crippen LogP contribution in [-0.2, 0) is 22.6 Å². The second-order valence-electron chi connectivity index (χ2n) is 5.11. The summed E-state index contributed by atoms with van der Waals surface area (Å²) in [5.41, 5.74) is 2.27. The Hall–Kier alpha value is -1.55. The van der Waals surface area contributed by atoms with Gasteiger partial charge in [0.05, 0.1) is 0 Å². The van der Waals surface area contributed by atoms with Gasteiger partial charge in [0, 0.05) is 13.0 Å². The molecule has 4 nitrogen and oxygen atoms in total. The lowest BCUT2D eigenvalue weighted by Crippen LogP contribution is -2.14. The van der Waals surface area contributed by atoms with E-state index >= 15 is 0 Å². The third-order valence-electron chi connectivity index (χ3n) is 3.22. The van der Waals surface area contributed by atoms with E-state index in [0.29, 0.717) is 12.2 Å². The molecule has 0 aliphatic carbocycles. The number of aryl methyl sites for hydroxylation is 1. The van der Waals surface area contributed by atoms with Crippen LogP contribution in [0.15, 0.2) is 18.2 Å². The average molecular weight is 293 g/mol. The van der Waals surface area contributed by atoms with E-state index in [1.54, 1.807) is 0 Å². The van der Waals surface area contributed by atoms with Gasteiger partial charge in [0.15, 0.2) is 5.75 Å². The van der Waals surface area contributed by atoms with Gasteiger partial charge in [-0.1, -0.05) is 39.3 Å². The molecule has 0 saturated heterocycles. The van der Waals surface area contributed by atoms with Gasteiger partial charge in [-0.2, -0.15) is 0 Å². The highest BCUT2D eigenvalue weighted by Crippen LogP contribution is 2.21. The molecule has 1 rings (SSSR count). The Labute approximate surface area is 127 Å². The van der Waals surface area contributed by atoms with Crippen LogP contribution in [-0.4, -0.2) is 12.5 Å². The van der Waals surface area contributed by atoms with Crippen LogP contribution in [0.3, 0.4) is 0 Å². The lowest BCUT2D eigenvalue weighted by Gasteiger charge is -2.11. The topological polar surface area (TPSA) is 47.6 Å². The normalized spacial score (nSPS) is 10.4. The quantitative estimate of drug-likeness (QED) is 0.405. The summed E-state index contributed by atoms with van der Waals surface area (Å²) in [6.45, 7) is 8.06. The maximum atomic E-state index is 11.3. The Balaban J connectivity index is 2.55. The molecule has 0 heterocycles. The van der Waals surface area contributed by atoms with Crippen LogP contribution in [0.1, 0.15) is 57.6 Å². The highest BCUT2D eigenvalue weighted by molar-refractivity contribution is 5.68. The zero-order valence-corrected chi connectivity index (χ0v) is 13.4. The fraction of sp³-hybridized carbons (Fsp3) is 0.588. The Bertz CT molecular complexity index is 432. The molecule has 0 amide bonds. The molecule has 0 saturated carbocycles. The molecule has 1 aromatic carbocycles. The van der Waals surface area contributed by atoms with Crippen LogP contribution < -0.4 is 10.2 Å². The number of hydrogen-bond donors (Lipinski definition) is 1. The molecule has 4 heteroatoms. The van der Waals surface area contributed by atoms with Gasteiger partial charge in [-0.25, -0.2) is 4.79 Å². The molecule has 0 radical (unpaired) electrons. The smallest absolute Gasteiger partial charge is 0.313 e. The molecule has 0 spiro atoms. The van der Waals surface area contributed by atoms with E-state index < -0.39 is 0 Å². The van der Waals surface area contributed by atoms with E-state index in [2.05, 4.69) is 25.2 Å². The Kier molecular flexibility index (Phi) is 8.51. The van der Waals surface area contributed by atoms with Gasteiger partial charge in [0.25, 0.3) is 0 Å². The SMILES string of the molecule is CCCCNCc1ccc(OOC(=O)CCC)c(CC)c1. The second-order valence-corrected chi connectivity index (χ2v) is 5.11. The van der Waals surface area contributed by atoms with E-state index in [-0.39, 0.29) is 5.97 Å². The summed E-state index contributed by atoms with van der Waals surface area (Å²) < 4.78 is 0. The second kappa shape index (κ2) is 10.2. The van der Waals surface area contributed by atoms with Gasteiger partial charge in [-0.3, -0.25) is 9.78 Å². The van der Waals surface area contributed by atoms with Gasteiger partial charge in [0.2, 0.25) is 0 Å². The zero-order chi connectivity index (χ0) is 15.5. The predicted octanol–water partition coefficient (Wildman–Crippen LogP) is 3.78. The molecule has 0 fully saturated rings. The van der Waals surface area contributed by atoms with Crippen molar-refractivity contribution in [3.63, 3.8) is 0 Å². The van der Waals surface area contributed by atoms with Crippen molar-refractivity contribution in [2.24, 2.45) is 0 Å². The molecular weight excluding hydrogens is 266 g/mol. The maximum Gasteiger partial charge on any atom is 0.355 e. The van der Waals surface area contributed by atoms with Gasteiger partial charge in [0.1, 0.15) is 0 Å². The summed E-state index contributed by atoms with van der Waals surface area (Å²) in [7, 11) is 0. The first-order chi connectivity index (χ1) is 10.2. The van der Waals surface area contributed by atoms with Crippen molar-refractivity contribution in [2.45, 2.75) is 59.4 Å². The number of benzene rings is 1. The number of carbonyl (C=O) groups is 1. The first-order valence-electron chi connectivity index (χ1n) is 7.91. The average Bonchev–Trinajstić information content (AvgIpc) is 2.50. The summed E-state index contributed by atoms with van der Waals surface area (Å²) in [4.78, 5) is 21.3. The zero-order valence-electron chi connectivity index (χ0n) is 13.4. The summed E-state index contributed by atoms with van der Waals surface area (Å²) in [5, 5.41) is 3.41. The minimum Gasteiger partial charge on any atom is -0.313 e. The van der Waals surface area contributed by atoms with Crippen LogP contribution in [0.5, 0.6) is 5.75 Å². The number of carbonyl (C=O) groups excluding carboxylic acids is 1. The molecule has 0 aliphatic rings. The summed E-state index contributed by atoms with van der Waals surface area (Å²) in [6, 6.07) is 5.97. The maximum absolute atomic E-state index is 11.3. The molecule has 0 bridgehead atoms. The molecule has 21 heavy (non-hydrogen) atoms. The van der Waals surface area contributed by atoms with Crippen LogP contribution in [0.25, 0.3) is 0 Å². The summed E-state index contributed by atoms with van der Waals surface area (Å²) in [6.07, 6.45) is 4.36. The third kappa shape index (κ3) is 6.63. The summed E-state index contributed by atoms with van der Waals surface area (Å²) in [5.74, 6) is 0.295. The van der Waals surface area contributed by atoms with Crippen molar-refractivity contribution in [3.05, 3.63) is 29.3 Å². The minimum atomic E-state index is -0.329. The Morgan fingerprint density at radius 3 is 2.67 bits per heavy atom. The molecule has 118 valence electrons. The summed E-state index contributed by atoms with van der Waals surface area (Å²) >= 11 is 0. The van der Waals surface area contributed by atoms with E-state index in [1.807, 2.05) is 19.1 Å². The Morgan fingerprint density at radius 2 is 2.00 bits per heavy atom. The molecule has 1 aromatic rings. The minimum absolute atomic E-state index is 0.329. The van der Waals surface area contributed by atoms with Crippen molar-refractivity contribution in [3.8, 4) is 5.75 Å². The highest BCUT2D eigenvalue weighted by Gasteiger charge is 2.08. The highest BCUT2D eigenvalue weighted by atomic mass is 17.2.